The van der Waals surface area contributed by atoms with Gasteiger partial charge in [0.05, 0.1) is 26.3 Å². The van der Waals surface area contributed by atoms with Gasteiger partial charge in [-0.15, -0.1) is 10.2 Å². The van der Waals surface area contributed by atoms with E-state index < -0.39 is 0 Å². The number of amides is 1. The highest BCUT2D eigenvalue weighted by atomic mass is 79.9. The number of piperidine rings is 1. The first-order chi connectivity index (χ1) is 12.6. The highest BCUT2D eigenvalue weighted by Crippen LogP contribution is 2.26. The van der Waals surface area contributed by atoms with E-state index in [1.165, 1.54) is 7.11 Å². The van der Waals surface area contributed by atoms with E-state index in [0.717, 1.165) is 17.3 Å². The SMILES string of the molecule is COc1ccc(Br)c(C(=O)N2CCCC(Oc3ccc(OC)nn3)C2)c1. The van der Waals surface area contributed by atoms with Crippen LogP contribution in [-0.2, 0) is 0 Å². The molecule has 2 heterocycles. The van der Waals surface area contributed by atoms with E-state index in [9.17, 15) is 4.79 Å². The molecule has 1 aliphatic heterocycles. The molecule has 1 aromatic heterocycles. The smallest absolute Gasteiger partial charge is 0.255 e. The molecule has 1 saturated heterocycles. The number of benzene rings is 1. The molecule has 2 aromatic rings. The summed E-state index contributed by atoms with van der Waals surface area (Å²) in [7, 11) is 3.12. The molecule has 0 N–H and O–H groups in total. The number of methoxy groups -OCH3 is 2. The number of rotatable bonds is 5. The van der Waals surface area contributed by atoms with Crippen molar-refractivity contribution in [2.75, 3.05) is 27.3 Å². The van der Waals surface area contributed by atoms with Crippen LogP contribution in [0.3, 0.4) is 0 Å². The molecule has 1 fully saturated rings. The second-order valence-electron chi connectivity index (χ2n) is 5.89. The fraction of sp³-hybridized carbons (Fsp3) is 0.389. The van der Waals surface area contributed by atoms with Crippen molar-refractivity contribution in [3.8, 4) is 17.5 Å². The number of halogens is 1. The van der Waals surface area contributed by atoms with E-state index >= 15 is 0 Å². The summed E-state index contributed by atoms with van der Waals surface area (Å²) >= 11 is 3.44. The maximum Gasteiger partial charge on any atom is 0.255 e. The molecule has 0 bridgehead atoms. The highest BCUT2D eigenvalue weighted by Gasteiger charge is 2.27. The van der Waals surface area contributed by atoms with Gasteiger partial charge in [-0.25, -0.2) is 0 Å². The molecule has 1 atom stereocenters. The quantitative estimate of drug-likeness (QED) is 0.738. The summed E-state index contributed by atoms with van der Waals surface area (Å²) in [4.78, 5) is 14.7. The molecule has 1 amide bonds. The van der Waals surface area contributed by atoms with Crippen molar-refractivity contribution in [1.29, 1.82) is 0 Å². The Morgan fingerprint density at radius 1 is 1.15 bits per heavy atom. The van der Waals surface area contributed by atoms with E-state index in [1.807, 2.05) is 12.1 Å². The van der Waals surface area contributed by atoms with Gasteiger partial charge < -0.3 is 19.1 Å². The second kappa shape index (κ2) is 8.35. The molecule has 7 nitrogen and oxygen atoms in total. The summed E-state index contributed by atoms with van der Waals surface area (Å²) in [6.07, 6.45) is 1.60. The summed E-state index contributed by atoms with van der Waals surface area (Å²) < 4.78 is 16.8. The normalized spacial score (nSPS) is 16.9. The lowest BCUT2D eigenvalue weighted by molar-refractivity contribution is 0.0524. The molecular formula is C18H20BrN3O4. The molecule has 26 heavy (non-hydrogen) atoms. The Balaban J connectivity index is 1.68. The van der Waals surface area contributed by atoms with Crippen molar-refractivity contribution in [2.45, 2.75) is 18.9 Å². The van der Waals surface area contributed by atoms with Gasteiger partial charge in [-0.1, -0.05) is 0 Å². The molecule has 0 aliphatic carbocycles. The van der Waals surface area contributed by atoms with Gasteiger partial charge in [-0.3, -0.25) is 4.79 Å². The van der Waals surface area contributed by atoms with Gasteiger partial charge in [0, 0.05) is 23.2 Å². The minimum absolute atomic E-state index is 0.0510. The lowest BCUT2D eigenvalue weighted by Crippen LogP contribution is -2.44. The summed E-state index contributed by atoms with van der Waals surface area (Å²) in [5.41, 5.74) is 0.578. The van der Waals surface area contributed by atoms with Crippen LogP contribution < -0.4 is 14.2 Å². The molecule has 1 aliphatic rings. The largest absolute Gasteiger partial charge is 0.497 e. The topological polar surface area (TPSA) is 73.8 Å². The van der Waals surface area contributed by atoms with Crippen LogP contribution in [0.2, 0.25) is 0 Å². The molecule has 1 aromatic carbocycles. The van der Waals surface area contributed by atoms with Crippen molar-refractivity contribution < 1.29 is 19.0 Å². The van der Waals surface area contributed by atoms with Crippen molar-refractivity contribution in [2.24, 2.45) is 0 Å². The van der Waals surface area contributed by atoms with Gasteiger partial charge in [-0.05, 0) is 47.0 Å². The van der Waals surface area contributed by atoms with Gasteiger partial charge in [0.1, 0.15) is 11.9 Å². The molecular weight excluding hydrogens is 402 g/mol. The Hall–Kier alpha value is -2.35. The minimum atomic E-state index is -0.125. The zero-order valence-corrected chi connectivity index (χ0v) is 16.2. The van der Waals surface area contributed by atoms with Gasteiger partial charge >= 0.3 is 0 Å². The van der Waals surface area contributed by atoms with Crippen molar-refractivity contribution in [3.05, 3.63) is 40.4 Å². The summed E-state index contributed by atoms with van der Waals surface area (Å²) in [5, 5.41) is 7.88. The van der Waals surface area contributed by atoms with Crippen molar-refractivity contribution in [3.63, 3.8) is 0 Å². The molecule has 138 valence electrons. The lowest BCUT2D eigenvalue weighted by Gasteiger charge is -2.32. The van der Waals surface area contributed by atoms with Crippen molar-refractivity contribution in [1.82, 2.24) is 15.1 Å². The lowest BCUT2D eigenvalue weighted by atomic mass is 10.1. The van der Waals surface area contributed by atoms with Gasteiger partial charge in [0.25, 0.3) is 5.91 Å². The van der Waals surface area contributed by atoms with Crippen LogP contribution in [0.25, 0.3) is 0 Å². The maximum atomic E-state index is 12.9. The van der Waals surface area contributed by atoms with Crippen LogP contribution >= 0.6 is 15.9 Å². The average Bonchev–Trinajstić information content (AvgIpc) is 2.68. The van der Waals surface area contributed by atoms with Crippen molar-refractivity contribution >= 4 is 21.8 Å². The number of nitrogens with zero attached hydrogens (tertiary/aromatic N) is 3. The molecule has 0 radical (unpaired) electrons. The van der Waals surface area contributed by atoms with E-state index in [2.05, 4.69) is 26.1 Å². The first-order valence-corrected chi connectivity index (χ1v) is 9.07. The molecule has 3 rings (SSSR count). The number of aromatic nitrogens is 2. The third kappa shape index (κ3) is 4.24. The summed E-state index contributed by atoms with van der Waals surface area (Å²) in [6, 6.07) is 8.78. The Kier molecular flexibility index (Phi) is 5.92. The molecule has 0 spiro atoms. The molecule has 1 unspecified atom stereocenters. The van der Waals surface area contributed by atoms with Gasteiger partial charge in [-0.2, -0.15) is 0 Å². The Morgan fingerprint density at radius 2 is 1.92 bits per heavy atom. The first-order valence-electron chi connectivity index (χ1n) is 8.28. The fourth-order valence-electron chi connectivity index (χ4n) is 2.83. The number of hydrogen-bond donors (Lipinski definition) is 0. The summed E-state index contributed by atoms with van der Waals surface area (Å²) in [5.74, 6) is 1.45. The fourth-order valence-corrected chi connectivity index (χ4v) is 3.25. The number of hydrogen-bond acceptors (Lipinski definition) is 6. The second-order valence-corrected chi connectivity index (χ2v) is 6.75. The van der Waals surface area contributed by atoms with Gasteiger partial charge in [0.15, 0.2) is 0 Å². The molecule has 0 saturated carbocycles. The highest BCUT2D eigenvalue weighted by molar-refractivity contribution is 9.10. The molecule has 8 heteroatoms. The zero-order chi connectivity index (χ0) is 18.5. The van der Waals surface area contributed by atoms with Crippen LogP contribution in [0.1, 0.15) is 23.2 Å². The third-order valence-corrected chi connectivity index (χ3v) is 4.87. The van der Waals surface area contributed by atoms with Crippen LogP contribution in [0.15, 0.2) is 34.8 Å². The summed E-state index contributed by atoms with van der Waals surface area (Å²) in [6.45, 7) is 1.19. The number of carbonyl (C=O) groups is 1. The van der Waals surface area contributed by atoms with E-state index in [-0.39, 0.29) is 12.0 Å². The van der Waals surface area contributed by atoms with Crippen LogP contribution in [0.5, 0.6) is 17.5 Å². The predicted molar refractivity (Wildman–Crippen MR) is 98.8 cm³/mol. The van der Waals surface area contributed by atoms with Crippen LogP contribution in [-0.4, -0.2) is 54.4 Å². The Morgan fingerprint density at radius 3 is 2.62 bits per heavy atom. The van der Waals surface area contributed by atoms with E-state index in [0.29, 0.717) is 36.2 Å². The zero-order valence-electron chi connectivity index (χ0n) is 14.6. The van der Waals surface area contributed by atoms with E-state index in [1.54, 1.807) is 30.2 Å². The van der Waals surface area contributed by atoms with Crippen LogP contribution in [0, 0.1) is 0 Å². The number of ether oxygens (including phenoxy) is 3. The van der Waals surface area contributed by atoms with Crippen LogP contribution in [0.4, 0.5) is 0 Å². The standard InChI is InChI=1S/C18H20BrN3O4/c1-24-12-5-6-15(19)14(10-12)18(23)22-9-3-4-13(11-22)26-17-8-7-16(25-2)20-21-17/h5-8,10,13H,3-4,9,11H2,1-2H3. The first kappa shape index (κ1) is 18.4. The minimum Gasteiger partial charge on any atom is -0.497 e. The maximum absolute atomic E-state index is 12.9. The average molecular weight is 422 g/mol. The Labute approximate surface area is 160 Å². The van der Waals surface area contributed by atoms with E-state index in [4.69, 9.17) is 14.2 Å². The number of carbonyl (C=O) groups excluding carboxylic acids is 1. The third-order valence-electron chi connectivity index (χ3n) is 4.18. The number of likely N-dealkylation sites (tertiary alicyclic amines) is 1. The monoisotopic (exact) mass is 421 g/mol. The Bertz CT molecular complexity index is 770. The van der Waals surface area contributed by atoms with Gasteiger partial charge in [0.2, 0.25) is 11.8 Å². The predicted octanol–water partition coefficient (Wildman–Crippen LogP) is 2.94.